The van der Waals surface area contributed by atoms with Gasteiger partial charge in [0.25, 0.3) is 0 Å². The van der Waals surface area contributed by atoms with Crippen LogP contribution < -0.4 is 10.6 Å². The van der Waals surface area contributed by atoms with Crippen molar-refractivity contribution in [1.82, 2.24) is 19.9 Å². The zero-order chi connectivity index (χ0) is 21.9. The molecule has 0 spiro atoms. The van der Waals surface area contributed by atoms with Crippen LogP contribution in [0.1, 0.15) is 71.6 Å². The summed E-state index contributed by atoms with van der Waals surface area (Å²) in [6.07, 6.45) is 11.9. The Morgan fingerprint density at radius 3 is 2.55 bits per heavy atom. The first-order valence-electron chi connectivity index (χ1n) is 11.6. The Bertz CT molecular complexity index is 846. The lowest BCUT2D eigenvalue weighted by molar-refractivity contribution is 0.152. The number of aliphatic imine (C=N–C) groups is 1. The van der Waals surface area contributed by atoms with E-state index in [9.17, 15) is 5.11 Å². The number of nitrogens with one attached hydrogen (secondary N) is 2. The van der Waals surface area contributed by atoms with E-state index in [1.807, 2.05) is 6.07 Å². The second kappa shape index (κ2) is 12.3. The summed E-state index contributed by atoms with van der Waals surface area (Å²) in [6.45, 7) is 6.07. The molecular formula is C23H35N7O. The van der Waals surface area contributed by atoms with Crippen LogP contribution in [0, 0.1) is 0 Å². The highest BCUT2D eigenvalue weighted by atomic mass is 16.3. The van der Waals surface area contributed by atoms with Crippen LogP contribution in [0.25, 0.3) is 11.3 Å². The van der Waals surface area contributed by atoms with E-state index >= 15 is 0 Å². The molecule has 1 saturated carbocycles. The maximum atomic E-state index is 9.81. The van der Waals surface area contributed by atoms with Crippen molar-refractivity contribution < 1.29 is 5.11 Å². The second-order valence-electron chi connectivity index (χ2n) is 8.04. The van der Waals surface area contributed by atoms with Crippen LogP contribution in [0.4, 0.5) is 17.6 Å². The molecule has 168 valence electrons. The maximum Gasteiger partial charge on any atom is 0.224 e. The molecule has 0 bridgehead atoms. The summed E-state index contributed by atoms with van der Waals surface area (Å²) >= 11 is 0. The van der Waals surface area contributed by atoms with Gasteiger partial charge in [-0.05, 0) is 38.5 Å². The molecule has 3 N–H and O–H groups in total. The van der Waals surface area contributed by atoms with Gasteiger partial charge in [0.2, 0.25) is 5.95 Å². The molecule has 0 atom stereocenters. The second-order valence-corrected chi connectivity index (χ2v) is 8.04. The Hall–Kier alpha value is -2.61. The molecule has 0 saturated heterocycles. The number of hydrogen-bond acceptors (Lipinski definition) is 8. The first kappa shape index (κ1) is 23.1. The van der Waals surface area contributed by atoms with E-state index < -0.39 is 0 Å². The molecule has 1 fully saturated rings. The molecule has 2 aromatic rings. The van der Waals surface area contributed by atoms with Gasteiger partial charge in [0.05, 0.1) is 17.4 Å². The topological polar surface area (TPSA) is 108 Å². The van der Waals surface area contributed by atoms with Crippen molar-refractivity contribution in [3.8, 4) is 11.3 Å². The van der Waals surface area contributed by atoms with Crippen molar-refractivity contribution >= 4 is 23.3 Å². The summed E-state index contributed by atoms with van der Waals surface area (Å²) in [7, 11) is 0. The van der Waals surface area contributed by atoms with Gasteiger partial charge < -0.3 is 15.7 Å². The molecule has 0 radical (unpaired) electrons. The quantitative estimate of drug-likeness (QED) is 0.446. The van der Waals surface area contributed by atoms with Gasteiger partial charge in [-0.1, -0.05) is 33.1 Å². The average Bonchev–Trinajstić information content (AvgIpc) is 2.79. The molecular weight excluding hydrogens is 390 g/mol. The third kappa shape index (κ3) is 7.24. The molecule has 2 aromatic heterocycles. The van der Waals surface area contributed by atoms with Crippen molar-refractivity contribution in [1.29, 1.82) is 0 Å². The molecule has 0 amide bonds. The van der Waals surface area contributed by atoms with E-state index in [0.29, 0.717) is 11.8 Å². The summed E-state index contributed by atoms with van der Waals surface area (Å²) < 4.78 is 0. The summed E-state index contributed by atoms with van der Waals surface area (Å²) in [4.78, 5) is 22.9. The number of rotatable bonds is 11. The predicted molar refractivity (Wildman–Crippen MR) is 126 cm³/mol. The zero-order valence-corrected chi connectivity index (χ0v) is 18.8. The van der Waals surface area contributed by atoms with Crippen molar-refractivity contribution in [2.24, 2.45) is 4.99 Å². The van der Waals surface area contributed by atoms with Gasteiger partial charge in [-0.2, -0.15) is 4.98 Å². The monoisotopic (exact) mass is 425 g/mol. The minimum Gasteiger partial charge on any atom is -0.393 e. The summed E-state index contributed by atoms with van der Waals surface area (Å²) in [5, 5.41) is 16.5. The average molecular weight is 426 g/mol. The predicted octanol–water partition coefficient (Wildman–Crippen LogP) is 4.76. The van der Waals surface area contributed by atoms with Crippen molar-refractivity contribution in [3.05, 3.63) is 18.6 Å². The molecule has 1 aliphatic rings. The Morgan fingerprint density at radius 1 is 1.00 bits per heavy atom. The highest BCUT2D eigenvalue weighted by Gasteiger charge is 2.17. The third-order valence-electron chi connectivity index (χ3n) is 5.41. The van der Waals surface area contributed by atoms with Crippen LogP contribution >= 0.6 is 0 Å². The van der Waals surface area contributed by atoms with Crippen LogP contribution in [-0.2, 0) is 0 Å². The third-order valence-corrected chi connectivity index (χ3v) is 5.41. The van der Waals surface area contributed by atoms with Gasteiger partial charge in [-0.25, -0.2) is 19.9 Å². The Balaban J connectivity index is 1.85. The zero-order valence-electron chi connectivity index (χ0n) is 18.8. The van der Waals surface area contributed by atoms with Crippen molar-refractivity contribution in [2.75, 3.05) is 23.7 Å². The number of hydrogen-bond donors (Lipinski definition) is 3. The molecule has 8 nitrogen and oxygen atoms in total. The molecule has 31 heavy (non-hydrogen) atoms. The van der Waals surface area contributed by atoms with Gasteiger partial charge >= 0.3 is 0 Å². The van der Waals surface area contributed by atoms with Crippen LogP contribution in [0.3, 0.4) is 0 Å². The first-order chi connectivity index (χ1) is 15.2. The number of anilines is 2. The summed E-state index contributed by atoms with van der Waals surface area (Å²) in [5.41, 5.74) is 2.61. The van der Waals surface area contributed by atoms with Crippen molar-refractivity contribution in [2.45, 2.75) is 77.7 Å². The smallest absolute Gasteiger partial charge is 0.224 e. The van der Waals surface area contributed by atoms with Crippen LogP contribution in [0.5, 0.6) is 0 Å². The van der Waals surface area contributed by atoms with Crippen LogP contribution in [-0.4, -0.2) is 49.9 Å². The number of aliphatic hydroxyl groups excluding tert-OH is 1. The first-order valence-corrected chi connectivity index (χ1v) is 11.6. The molecule has 2 heterocycles. The highest BCUT2D eigenvalue weighted by Crippen LogP contribution is 2.30. The van der Waals surface area contributed by atoms with Gasteiger partial charge in [0.15, 0.2) is 5.82 Å². The van der Waals surface area contributed by atoms with Crippen molar-refractivity contribution in [3.63, 3.8) is 0 Å². The molecule has 1 aliphatic carbocycles. The normalized spacial score (nSPS) is 16.2. The highest BCUT2D eigenvalue weighted by molar-refractivity contribution is 5.89. The Morgan fingerprint density at radius 2 is 1.77 bits per heavy atom. The number of nitrogens with zero attached hydrogens (tertiary/aromatic N) is 5. The fourth-order valence-corrected chi connectivity index (χ4v) is 3.49. The lowest BCUT2D eigenvalue weighted by Crippen LogP contribution is -2.17. The van der Waals surface area contributed by atoms with Gasteiger partial charge in [0, 0.05) is 31.1 Å². The fourth-order valence-electron chi connectivity index (χ4n) is 3.49. The van der Waals surface area contributed by atoms with E-state index in [-0.39, 0.29) is 6.10 Å². The van der Waals surface area contributed by atoms with E-state index in [4.69, 9.17) is 9.98 Å². The minimum absolute atomic E-state index is 0.224. The SMILES string of the molecule is CCCCCNc1cc(-c2cnc(NCCCC)nc2N=C2CCC(O)CC2)ncn1. The maximum absolute atomic E-state index is 9.81. The van der Waals surface area contributed by atoms with Crippen LogP contribution in [0.15, 0.2) is 23.6 Å². The standard InChI is InChI=1S/C23H35N7O/c1-3-5-7-13-24-21-14-20(27-16-28-21)19-15-26-23(25-12-6-4-2)30-22(19)29-17-8-10-18(31)11-9-17/h14-16,18,31H,3-13H2,1-2H3,(H,24,27,28)(H,25,26,30). The summed E-state index contributed by atoms with van der Waals surface area (Å²) in [5.74, 6) is 2.00. The van der Waals surface area contributed by atoms with Gasteiger partial charge in [-0.3, -0.25) is 0 Å². The Labute approximate surface area is 185 Å². The number of aliphatic hydroxyl groups is 1. The van der Waals surface area contributed by atoms with Crippen LogP contribution in [0.2, 0.25) is 0 Å². The number of aromatic nitrogens is 4. The Kier molecular flexibility index (Phi) is 9.15. The summed E-state index contributed by atoms with van der Waals surface area (Å²) in [6, 6.07) is 1.93. The molecule has 3 rings (SSSR count). The van der Waals surface area contributed by atoms with E-state index in [2.05, 4.69) is 39.4 Å². The van der Waals surface area contributed by atoms with E-state index in [0.717, 1.165) is 80.8 Å². The number of unbranched alkanes of at least 4 members (excludes halogenated alkanes) is 3. The molecule has 0 aliphatic heterocycles. The largest absolute Gasteiger partial charge is 0.393 e. The lowest BCUT2D eigenvalue weighted by Gasteiger charge is -2.18. The molecule has 0 aromatic carbocycles. The van der Waals surface area contributed by atoms with E-state index in [1.54, 1.807) is 12.5 Å². The van der Waals surface area contributed by atoms with E-state index in [1.165, 1.54) is 12.8 Å². The minimum atomic E-state index is -0.224. The fraction of sp³-hybridized carbons (Fsp3) is 0.609. The lowest BCUT2D eigenvalue weighted by atomic mass is 9.96. The molecule has 0 unspecified atom stereocenters. The molecule has 8 heteroatoms. The van der Waals surface area contributed by atoms with Gasteiger partial charge in [0.1, 0.15) is 12.1 Å². The van der Waals surface area contributed by atoms with Gasteiger partial charge in [-0.15, -0.1) is 0 Å².